The smallest absolute Gasteiger partial charge is 0.326 e. The van der Waals surface area contributed by atoms with Gasteiger partial charge in [0.1, 0.15) is 11.8 Å². The highest BCUT2D eigenvalue weighted by Crippen LogP contribution is 2.30. The average Bonchev–Trinajstić information content (AvgIpc) is 2.73. The summed E-state index contributed by atoms with van der Waals surface area (Å²) in [5.41, 5.74) is 2.68. The largest absolute Gasteiger partial charge is 0.496 e. The van der Waals surface area contributed by atoms with E-state index in [1.54, 1.807) is 13.2 Å². The van der Waals surface area contributed by atoms with Crippen LogP contribution in [0.1, 0.15) is 15.9 Å². The molecule has 2 N–H and O–H groups in total. The van der Waals surface area contributed by atoms with Crippen molar-refractivity contribution in [2.75, 3.05) is 7.11 Å². The quantitative estimate of drug-likeness (QED) is 0.532. The van der Waals surface area contributed by atoms with Crippen molar-refractivity contribution in [3.8, 4) is 16.9 Å². The minimum atomic E-state index is -1.15. The van der Waals surface area contributed by atoms with Gasteiger partial charge in [-0.15, -0.1) is 0 Å². The van der Waals surface area contributed by atoms with Gasteiger partial charge in [0.05, 0.1) is 22.7 Å². The van der Waals surface area contributed by atoms with E-state index >= 15 is 0 Å². The Morgan fingerprint density at radius 2 is 1.60 bits per heavy atom. The van der Waals surface area contributed by atoms with Crippen LogP contribution in [0.2, 0.25) is 10.0 Å². The standard InChI is InChI=1S/C23H19Cl2NO4/c1-30-20-8-3-2-5-16(20)15-11-9-14(10-12-15)13-19(23(28)29)26-22(27)21-17(24)6-4-7-18(21)25/h2-12,19H,13H2,1H3,(H,26,27)(H,28,29)/t19-/m0/s1. The maximum Gasteiger partial charge on any atom is 0.326 e. The minimum absolute atomic E-state index is 0.0543. The summed E-state index contributed by atoms with van der Waals surface area (Å²) in [6.07, 6.45) is 0.106. The number of ether oxygens (including phenoxy) is 1. The molecule has 154 valence electrons. The van der Waals surface area contributed by atoms with E-state index in [-0.39, 0.29) is 22.0 Å². The summed E-state index contributed by atoms with van der Waals surface area (Å²) in [6, 6.07) is 18.6. The predicted octanol–water partition coefficient (Wildman–Crippen LogP) is 5.09. The summed E-state index contributed by atoms with van der Waals surface area (Å²) < 4.78 is 5.38. The van der Waals surface area contributed by atoms with Crippen LogP contribution in [0.15, 0.2) is 66.7 Å². The number of hydrogen-bond acceptors (Lipinski definition) is 3. The van der Waals surface area contributed by atoms with Crippen LogP contribution in [0, 0.1) is 0 Å². The Hall–Kier alpha value is -3.02. The Kier molecular flexibility index (Phi) is 6.98. The third kappa shape index (κ3) is 4.93. The summed E-state index contributed by atoms with van der Waals surface area (Å²) in [4.78, 5) is 24.3. The monoisotopic (exact) mass is 443 g/mol. The van der Waals surface area contributed by atoms with E-state index in [0.29, 0.717) is 0 Å². The van der Waals surface area contributed by atoms with Crippen molar-refractivity contribution in [3.63, 3.8) is 0 Å². The van der Waals surface area contributed by atoms with Crippen LogP contribution in [0.5, 0.6) is 5.75 Å². The highest BCUT2D eigenvalue weighted by molar-refractivity contribution is 6.39. The van der Waals surface area contributed by atoms with E-state index in [0.717, 1.165) is 22.4 Å². The average molecular weight is 444 g/mol. The number of carbonyl (C=O) groups excluding carboxylic acids is 1. The molecule has 0 aliphatic heterocycles. The van der Waals surface area contributed by atoms with Gasteiger partial charge in [-0.05, 0) is 29.3 Å². The van der Waals surface area contributed by atoms with Gasteiger partial charge in [-0.3, -0.25) is 4.79 Å². The van der Waals surface area contributed by atoms with Gasteiger partial charge in [-0.1, -0.05) is 71.7 Å². The molecule has 0 spiro atoms. The number of carbonyl (C=O) groups is 2. The summed E-state index contributed by atoms with van der Waals surface area (Å²) in [5.74, 6) is -1.04. The number of hydrogen-bond donors (Lipinski definition) is 2. The molecule has 0 unspecified atom stereocenters. The first-order chi connectivity index (χ1) is 14.4. The van der Waals surface area contributed by atoms with Crippen molar-refractivity contribution in [2.24, 2.45) is 0 Å². The van der Waals surface area contributed by atoms with Crippen LogP contribution in [0.3, 0.4) is 0 Å². The lowest BCUT2D eigenvalue weighted by Gasteiger charge is -2.16. The number of para-hydroxylation sites is 1. The number of amides is 1. The molecule has 0 bridgehead atoms. The molecule has 0 aliphatic rings. The first-order valence-corrected chi connectivity index (χ1v) is 9.86. The minimum Gasteiger partial charge on any atom is -0.496 e. The lowest BCUT2D eigenvalue weighted by atomic mass is 10.00. The summed E-state index contributed by atoms with van der Waals surface area (Å²) >= 11 is 12.1. The van der Waals surface area contributed by atoms with E-state index in [2.05, 4.69) is 5.32 Å². The van der Waals surface area contributed by atoms with Gasteiger partial charge in [0.2, 0.25) is 0 Å². The molecule has 0 saturated carbocycles. The molecule has 0 aromatic heterocycles. The van der Waals surface area contributed by atoms with Gasteiger partial charge >= 0.3 is 5.97 Å². The normalized spacial score (nSPS) is 11.6. The molecule has 1 amide bonds. The maximum atomic E-state index is 12.5. The summed E-state index contributed by atoms with van der Waals surface area (Å²) in [5, 5.41) is 12.4. The summed E-state index contributed by atoms with van der Waals surface area (Å²) in [7, 11) is 1.61. The fourth-order valence-electron chi connectivity index (χ4n) is 3.08. The van der Waals surface area contributed by atoms with Gasteiger partial charge in [-0.25, -0.2) is 4.79 Å². The summed E-state index contributed by atoms with van der Waals surface area (Å²) in [6.45, 7) is 0. The van der Waals surface area contributed by atoms with E-state index in [4.69, 9.17) is 27.9 Å². The molecule has 3 aromatic carbocycles. The second kappa shape index (κ2) is 9.65. The second-order valence-corrected chi connectivity index (χ2v) is 7.38. The van der Waals surface area contributed by atoms with Crippen molar-refractivity contribution in [1.82, 2.24) is 5.32 Å². The number of halogens is 2. The van der Waals surface area contributed by atoms with Gasteiger partial charge in [0.25, 0.3) is 5.91 Å². The zero-order valence-corrected chi connectivity index (χ0v) is 17.6. The third-order valence-corrected chi connectivity index (χ3v) is 5.23. The third-order valence-electron chi connectivity index (χ3n) is 4.60. The second-order valence-electron chi connectivity index (χ2n) is 6.56. The first-order valence-electron chi connectivity index (χ1n) is 9.10. The fraction of sp³-hybridized carbons (Fsp3) is 0.130. The van der Waals surface area contributed by atoms with Crippen molar-refractivity contribution in [1.29, 1.82) is 0 Å². The number of benzene rings is 3. The van der Waals surface area contributed by atoms with Crippen LogP contribution in [0.25, 0.3) is 11.1 Å². The van der Waals surface area contributed by atoms with E-state index in [1.165, 1.54) is 12.1 Å². The zero-order chi connectivity index (χ0) is 21.7. The molecule has 0 fully saturated rings. The molecule has 3 rings (SSSR count). The van der Waals surface area contributed by atoms with Crippen molar-refractivity contribution < 1.29 is 19.4 Å². The first kappa shape index (κ1) is 21.7. The lowest BCUT2D eigenvalue weighted by molar-refractivity contribution is -0.139. The van der Waals surface area contributed by atoms with Crippen LogP contribution < -0.4 is 10.1 Å². The Morgan fingerprint density at radius 1 is 0.967 bits per heavy atom. The Morgan fingerprint density at radius 3 is 2.20 bits per heavy atom. The van der Waals surface area contributed by atoms with E-state index in [1.807, 2.05) is 48.5 Å². The van der Waals surface area contributed by atoms with Crippen molar-refractivity contribution in [3.05, 3.63) is 87.9 Å². The highest BCUT2D eigenvalue weighted by Gasteiger charge is 2.23. The number of carboxylic acids is 1. The van der Waals surface area contributed by atoms with Crippen molar-refractivity contribution >= 4 is 35.1 Å². The Labute approximate surface area is 184 Å². The fourth-order valence-corrected chi connectivity index (χ4v) is 3.65. The van der Waals surface area contributed by atoms with Crippen LogP contribution in [-0.4, -0.2) is 30.1 Å². The molecule has 1 atom stereocenters. The molecule has 3 aromatic rings. The highest BCUT2D eigenvalue weighted by atomic mass is 35.5. The molecule has 7 heteroatoms. The molecule has 5 nitrogen and oxygen atoms in total. The zero-order valence-electron chi connectivity index (χ0n) is 16.1. The number of nitrogens with one attached hydrogen (secondary N) is 1. The van der Waals surface area contributed by atoms with Gasteiger partial charge < -0.3 is 15.2 Å². The van der Waals surface area contributed by atoms with Gasteiger partial charge in [-0.2, -0.15) is 0 Å². The number of aliphatic carboxylic acids is 1. The van der Waals surface area contributed by atoms with Crippen LogP contribution in [-0.2, 0) is 11.2 Å². The van der Waals surface area contributed by atoms with Gasteiger partial charge in [0.15, 0.2) is 0 Å². The Balaban J connectivity index is 1.77. The number of carboxylic acid groups (broad SMARTS) is 1. The Bertz CT molecular complexity index is 1050. The van der Waals surface area contributed by atoms with Crippen molar-refractivity contribution in [2.45, 2.75) is 12.5 Å². The molecule has 30 heavy (non-hydrogen) atoms. The molecule has 0 heterocycles. The van der Waals surface area contributed by atoms with Gasteiger partial charge in [0, 0.05) is 12.0 Å². The molecular formula is C23H19Cl2NO4. The molecule has 0 aliphatic carbocycles. The molecule has 0 radical (unpaired) electrons. The predicted molar refractivity (Wildman–Crippen MR) is 117 cm³/mol. The topological polar surface area (TPSA) is 75.6 Å². The van der Waals surface area contributed by atoms with E-state index < -0.39 is 17.9 Å². The van der Waals surface area contributed by atoms with Crippen LogP contribution in [0.4, 0.5) is 0 Å². The SMILES string of the molecule is COc1ccccc1-c1ccc(C[C@H](NC(=O)c2c(Cl)cccc2Cl)C(=O)O)cc1. The van der Waals surface area contributed by atoms with E-state index in [9.17, 15) is 14.7 Å². The van der Waals surface area contributed by atoms with Crippen LogP contribution >= 0.6 is 23.2 Å². The molecular weight excluding hydrogens is 425 g/mol. The maximum absolute atomic E-state index is 12.5. The number of rotatable bonds is 7. The number of methoxy groups -OCH3 is 1. The molecule has 0 saturated heterocycles. The lowest BCUT2D eigenvalue weighted by Crippen LogP contribution is -2.42.